The number of nitrogens with zero attached hydrogens (tertiary/aromatic N) is 1. The maximum Gasteiger partial charge on any atom is 0.242 e. The van der Waals surface area contributed by atoms with Crippen LogP contribution in [-0.2, 0) is 22.6 Å². The van der Waals surface area contributed by atoms with Gasteiger partial charge in [0.15, 0.2) is 0 Å². The lowest BCUT2D eigenvalue weighted by Crippen LogP contribution is -2.49. The Balaban J connectivity index is 2.20. The molecule has 2 amide bonds. The minimum atomic E-state index is -0.608. The van der Waals surface area contributed by atoms with Gasteiger partial charge in [-0.15, -0.1) is 0 Å². The molecular weight excluding hydrogens is 355 g/mol. The standard InChI is InChI=1S/C23H29FN2O2/c1-5-17(3)25-23(28)18(4)26(15-20-8-6-16(2)7-9-20)22(27)14-19-10-12-21(24)13-11-19/h6-13,17-18H,5,14-15H2,1-4H3,(H,25,28)/t17-,18-/m0/s1. The van der Waals surface area contributed by atoms with Crippen molar-refractivity contribution in [3.05, 3.63) is 71.0 Å². The van der Waals surface area contributed by atoms with Crippen LogP contribution in [0.2, 0.25) is 0 Å². The molecule has 2 atom stereocenters. The van der Waals surface area contributed by atoms with E-state index >= 15 is 0 Å². The molecule has 0 fully saturated rings. The van der Waals surface area contributed by atoms with Crippen LogP contribution in [0.4, 0.5) is 4.39 Å². The SMILES string of the molecule is CC[C@H](C)NC(=O)[C@H](C)N(Cc1ccc(C)cc1)C(=O)Cc1ccc(F)cc1. The maximum atomic E-state index is 13.1. The molecule has 0 saturated heterocycles. The average molecular weight is 384 g/mol. The number of aryl methyl sites for hydroxylation is 1. The molecule has 2 aromatic carbocycles. The number of carbonyl (C=O) groups is 2. The first-order chi connectivity index (χ1) is 13.3. The molecule has 1 N–H and O–H groups in total. The second-order valence-corrected chi connectivity index (χ2v) is 7.30. The molecule has 0 bridgehead atoms. The molecule has 0 aromatic heterocycles. The van der Waals surface area contributed by atoms with Gasteiger partial charge in [0.25, 0.3) is 0 Å². The fourth-order valence-corrected chi connectivity index (χ4v) is 2.82. The summed E-state index contributed by atoms with van der Waals surface area (Å²) in [6.07, 6.45) is 0.938. The molecule has 28 heavy (non-hydrogen) atoms. The third kappa shape index (κ3) is 6.19. The van der Waals surface area contributed by atoms with Crippen LogP contribution in [0.1, 0.15) is 43.9 Å². The molecule has 0 heterocycles. The number of amides is 2. The molecule has 0 spiro atoms. The molecule has 4 nitrogen and oxygen atoms in total. The monoisotopic (exact) mass is 384 g/mol. The molecule has 5 heteroatoms. The Labute approximate surface area is 166 Å². The number of nitrogens with one attached hydrogen (secondary N) is 1. The van der Waals surface area contributed by atoms with Crippen LogP contribution in [0.3, 0.4) is 0 Å². The van der Waals surface area contributed by atoms with Gasteiger partial charge in [-0.1, -0.05) is 48.9 Å². The van der Waals surface area contributed by atoms with E-state index in [4.69, 9.17) is 0 Å². The van der Waals surface area contributed by atoms with E-state index in [9.17, 15) is 14.0 Å². The summed E-state index contributed by atoms with van der Waals surface area (Å²) in [6, 6.07) is 13.2. The van der Waals surface area contributed by atoms with Gasteiger partial charge in [-0.2, -0.15) is 0 Å². The van der Waals surface area contributed by atoms with Gasteiger partial charge in [0, 0.05) is 12.6 Å². The van der Waals surface area contributed by atoms with Crippen molar-refractivity contribution in [3.8, 4) is 0 Å². The predicted molar refractivity (Wildman–Crippen MR) is 109 cm³/mol. The minimum Gasteiger partial charge on any atom is -0.352 e. The lowest BCUT2D eigenvalue weighted by Gasteiger charge is -2.30. The summed E-state index contributed by atoms with van der Waals surface area (Å²) in [4.78, 5) is 27.3. The third-order valence-corrected chi connectivity index (χ3v) is 4.91. The Morgan fingerprint density at radius 2 is 1.57 bits per heavy atom. The van der Waals surface area contributed by atoms with Crippen molar-refractivity contribution in [3.63, 3.8) is 0 Å². The van der Waals surface area contributed by atoms with Gasteiger partial charge in [0.2, 0.25) is 11.8 Å². The first-order valence-electron chi connectivity index (χ1n) is 9.70. The second kappa shape index (κ2) is 10.0. The summed E-state index contributed by atoms with van der Waals surface area (Å²) in [5.41, 5.74) is 2.81. The highest BCUT2D eigenvalue weighted by molar-refractivity contribution is 5.88. The highest BCUT2D eigenvalue weighted by Gasteiger charge is 2.26. The van der Waals surface area contributed by atoms with Crippen LogP contribution >= 0.6 is 0 Å². The zero-order chi connectivity index (χ0) is 20.7. The Morgan fingerprint density at radius 1 is 1.00 bits per heavy atom. The number of halogens is 1. The second-order valence-electron chi connectivity index (χ2n) is 7.30. The van der Waals surface area contributed by atoms with E-state index in [1.165, 1.54) is 12.1 Å². The fourth-order valence-electron chi connectivity index (χ4n) is 2.82. The fraction of sp³-hybridized carbons (Fsp3) is 0.391. The zero-order valence-corrected chi connectivity index (χ0v) is 17.0. The van der Waals surface area contributed by atoms with Gasteiger partial charge in [0.1, 0.15) is 11.9 Å². The summed E-state index contributed by atoms with van der Waals surface area (Å²) >= 11 is 0. The van der Waals surface area contributed by atoms with Crippen molar-refractivity contribution in [2.75, 3.05) is 0 Å². The molecule has 0 unspecified atom stereocenters. The van der Waals surface area contributed by atoms with Gasteiger partial charge < -0.3 is 10.2 Å². The zero-order valence-electron chi connectivity index (χ0n) is 17.0. The largest absolute Gasteiger partial charge is 0.352 e. The normalized spacial score (nSPS) is 12.9. The number of hydrogen-bond donors (Lipinski definition) is 1. The first kappa shape index (κ1) is 21.6. The molecule has 150 valence electrons. The molecule has 0 aliphatic rings. The van der Waals surface area contributed by atoms with Gasteiger partial charge in [0.05, 0.1) is 6.42 Å². The highest BCUT2D eigenvalue weighted by Crippen LogP contribution is 2.14. The van der Waals surface area contributed by atoms with E-state index in [-0.39, 0.29) is 30.1 Å². The van der Waals surface area contributed by atoms with Crippen molar-refractivity contribution in [2.24, 2.45) is 0 Å². The molecular formula is C23H29FN2O2. The van der Waals surface area contributed by atoms with Crippen LogP contribution in [0.15, 0.2) is 48.5 Å². The van der Waals surface area contributed by atoms with Crippen LogP contribution in [0.5, 0.6) is 0 Å². The smallest absolute Gasteiger partial charge is 0.242 e. The van der Waals surface area contributed by atoms with Gasteiger partial charge >= 0.3 is 0 Å². The van der Waals surface area contributed by atoms with Crippen molar-refractivity contribution in [1.29, 1.82) is 0 Å². The molecule has 0 aliphatic carbocycles. The summed E-state index contributed by atoms with van der Waals surface area (Å²) in [6.45, 7) is 8.03. The van der Waals surface area contributed by atoms with Gasteiger partial charge in [-0.25, -0.2) is 4.39 Å². The maximum absolute atomic E-state index is 13.1. The number of carbonyl (C=O) groups excluding carboxylic acids is 2. The van der Waals surface area contributed by atoms with Crippen LogP contribution < -0.4 is 5.32 Å². The Hall–Kier alpha value is -2.69. The van der Waals surface area contributed by atoms with Crippen LogP contribution in [0, 0.1) is 12.7 Å². The molecule has 0 saturated carbocycles. The average Bonchev–Trinajstić information content (AvgIpc) is 2.68. The quantitative estimate of drug-likeness (QED) is 0.748. The van der Waals surface area contributed by atoms with E-state index in [1.54, 1.807) is 24.0 Å². The Morgan fingerprint density at radius 3 is 2.14 bits per heavy atom. The lowest BCUT2D eigenvalue weighted by molar-refractivity contribution is -0.140. The first-order valence-corrected chi connectivity index (χ1v) is 9.70. The van der Waals surface area contributed by atoms with Crippen LogP contribution in [-0.4, -0.2) is 28.8 Å². The van der Waals surface area contributed by atoms with E-state index in [1.807, 2.05) is 45.0 Å². The molecule has 2 aromatic rings. The van der Waals surface area contributed by atoms with Gasteiger partial charge in [-0.3, -0.25) is 9.59 Å². The molecule has 0 radical (unpaired) electrons. The number of hydrogen-bond acceptors (Lipinski definition) is 2. The van der Waals surface area contributed by atoms with Crippen molar-refractivity contribution < 1.29 is 14.0 Å². The molecule has 2 rings (SSSR count). The Kier molecular flexibility index (Phi) is 7.73. The topological polar surface area (TPSA) is 49.4 Å². The van der Waals surface area contributed by atoms with Crippen molar-refractivity contribution in [1.82, 2.24) is 10.2 Å². The third-order valence-electron chi connectivity index (χ3n) is 4.91. The number of rotatable bonds is 8. The summed E-state index contributed by atoms with van der Waals surface area (Å²) < 4.78 is 13.1. The van der Waals surface area contributed by atoms with E-state index in [0.717, 1.165) is 23.1 Å². The van der Waals surface area contributed by atoms with E-state index < -0.39 is 6.04 Å². The lowest BCUT2D eigenvalue weighted by atomic mass is 10.1. The summed E-state index contributed by atoms with van der Waals surface area (Å²) in [5.74, 6) is -0.679. The number of benzene rings is 2. The van der Waals surface area contributed by atoms with Crippen LogP contribution in [0.25, 0.3) is 0 Å². The van der Waals surface area contributed by atoms with E-state index in [2.05, 4.69) is 5.32 Å². The Bertz CT molecular complexity index is 787. The summed E-state index contributed by atoms with van der Waals surface area (Å²) in [7, 11) is 0. The minimum absolute atomic E-state index is 0.0448. The van der Waals surface area contributed by atoms with Crippen molar-refractivity contribution >= 4 is 11.8 Å². The summed E-state index contributed by atoms with van der Waals surface area (Å²) in [5, 5.41) is 2.95. The van der Waals surface area contributed by atoms with Crippen molar-refractivity contribution in [2.45, 2.75) is 59.2 Å². The molecule has 0 aliphatic heterocycles. The van der Waals surface area contributed by atoms with Gasteiger partial charge in [-0.05, 0) is 50.5 Å². The van der Waals surface area contributed by atoms with E-state index in [0.29, 0.717) is 6.54 Å². The highest BCUT2D eigenvalue weighted by atomic mass is 19.1. The predicted octanol–water partition coefficient (Wildman–Crippen LogP) is 4.01.